The van der Waals surface area contributed by atoms with Crippen molar-refractivity contribution in [3.63, 3.8) is 0 Å². The van der Waals surface area contributed by atoms with Crippen LogP contribution in [0.4, 0.5) is 0 Å². The Labute approximate surface area is 102 Å². The number of aromatic amines is 1. The fourth-order valence-corrected chi connectivity index (χ4v) is 2.58. The zero-order chi connectivity index (χ0) is 12.3. The highest BCUT2D eigenvalue weighted by molar-refractivity contribution is 4.99. The third kappa shape index (κ3) is 2.84. The first-order valence-electron chi connectivity index (χ1n) is 6.43. The van der Waals surface area contributed by atoms with Crippen molar-refractivity contribution >= 4 is 0 Å². The molecule has 2 atom stereocenters. The maximum Gasteiger partial charge on any atom is 0.167 e. The van der Waals surface area contributed by atoms with Gasteiger partial charge < -0.3 is 10.5 Å². The number of hydrogen-bond donors (Lipinski definition) is 2. The Morgan fingerprint density at radius 1 is 1.35 bits per heavy atom. The van der Waals surface area contributed by atoms with E-state index in [1.54, 1.807) is 7.11 Å². The van der Waals surface area contributed by atoms with Crippen molar-refractivity contribution in [2.45, 2.75) is 51.2 Å². The van der Waals surface area contributed by atoms with Crippen molar-refractivity contribution in [3.8, 4) is 0 Å². The first-order chi connectivity index (χ1) is 8.22. The molecule has 1 fully saturated rings. The molecular formula is C12H22N4O. The van der Waals surface area contributed by atoms with Gasteiger partial charge in [0.1, 0.15) is 6.10 Å². The van der Waals surface area contributed by atoms with Gasteiger partial charge in [-0.3, -0.25) is 5.10 Å². The molecule has 1 aromatic rings. The minimum atomic E-state index is -0.135. The Morgan fingerprint density at radius 3 is 2.59 bits per heavy atom. The normalized spacial score (nSPS) is 21.4. The number of ether oxygens (including phenoxy) is 1. The largest absolute Gasteiger partial charge is 0.373 e. The van der Waals surface area contributed by atoms with Crippen molar-refractivity contribution < 1.29 is 4.74 Å². The van der Waals surface area contributed by atoms with Gasteiger partial charge >= 0.3 is 0 Å². The van der Waals surface area contributed by atoms with Crippen molar-refractivity contribution in [1.82, 2.24) is 15.2 Å². The zero-order valence-electron chi connectivity index (χ0n) is 10.6. The van der Waals surface area contributed by atoms with Crippen LogP contribution < -0.4 is 5.73 Å². The van der Waals surface area contributed by atoms with Crippen LogP contribution in [0.5, 0.6) is 0 Å². The smallest absolute Gasteiger partial charge is 0.167 e. The molecule has 0 bridgehead atoms. The van der Waals surface area contributed by atoms with Crippen LogP contribution in [0.2, 0.25) is 0 Å². The first-order valence-corrected chi connectivity index (χ1v) is 6.43. The summed E-state index contributed by atoms with van der Waals surface area (Å²) in [6.07, 6.45) is 6.39. The molecule has 1 saturated carbocycles. The second kappa shape index (κ2) is 5.60. The number of nitrogens with one attached hydrogen (secondary N) is 1. The Morgan fingerprint density at radius 2 is 2.06 bits per heavy atom. The number of rotatable bonds is 4. The molecule has 5 nitrogen and oxygen atoms in total. The van der Waals surface area contributed by atoms with E-state index in [0.29, 0.717) is 11.7 Å². The molecule has 1 aromatic heterocycles. The fraction of sp³-hybridized carbons (Fsp3) is 0.833. The summed E-state index contributed by atoms with van der Waals surface area (Å²) in [5.74, 6) is 2.05. The molecule has 5 heteroatoms. The van der Waals surface area contributed by atoms with Crippen LogP contribution in [0.25, 0.3) is 0 Å². The van der Waals surface area contributed by atoms with E-state index in [1.165, 1.54) is 32.1 Å². The number of nitrogens with two attached hydrogens (primary N) is 1. The minimum absolute atomic E-state index is 0.0373. The van der Waals surface area contributed by atoms with Gasteiger partial charge in [-0.05, 0) is 25.7 Å². The SMILES string of the molecule is COC(c1nc(C(C)N)n[nH]1)C1CCCCC1. The van der Waals surface area contributed by atoms with Gasteiger partial charge in [0, 0.05) is 7.11 Å². The fourth-order valence-electron chi connectivity index (χ4n) is 2.58. The van der Waals surface area contributed by atoms with Gasteiger partial charge in [0.05, 0.1) is 6.04 Å². The quantitative estimate of drug-likeness (QED) is 0.842. The zero-order valence-corrected chi connectivity index (χ0v) is 10.6. The standard InChI is InChI=1S/C12H22N4O/c1-8(13)11-14-12(16-15-11)10(17-2)9-6-4-3-5-7-9/h8-10H,3-7,13H2,1-2H3,(H,14,15,16). The summed E-state index contributed by atoms with van der Waals surface area (Å²) in [7, 11) is 1.74. The van der Waals surface area contributed by atoms with Gasteiger partial charge in [-0.25, -0.2) is 4.98 Å². The van der Waals surface area contributed by atoms with Crippen molar-refractivity contribution in [2.24, 2.45) is 11.7 Å². The van der Waals surface area contributed by atoms with Crippen molar-refractivity contribution in [2.75, 3.05) is 7.11 Å². The average Bonchev–Trinajstić information content (AvgIpc) is 2.81. The van der Waals surface area contributed by atoms with Gasteiger partial charge in [-0.1, -0.05) is 19.3 Å². The Kier molecular flexibility index (Phi) is 4.12. The minimum Gasteiger partial charge on any atom is -0.373 e. The lowest BCUT2D eigenvalue weighted by atomic mass is 9.85. The van der Waals surface area contributed by atoms with E-state index >= 15 is 0 Å². The van der Waals surface area contributed by atoms with Crippen LogP contribution in [0.1, 0.15) is 62.8 Å². The highest BCUT2D eigenvalue weighted by atomic mass is 16.5. The summed E-state index contributed by atoms with van der Waals surface area (Å²) in [6.45, 7) is 1.88. The predicted octanol–water partition coefficient (Wildman–Crippen LogP) is 2.09. The Balaban J connectivity index is 2.10. The summed E-state index contributed by atoms with van der Waals surface area (Å²) >= 11 is 0. The first kappa shape index (κ1) is 12.5. The lowest BCUT2D eigenvalue weighted by molar-refractivity contribution is 0.0291. The average molecular weight is 238 g/mol. The van der Waals surface area contributed by atoms with Gasteiger partial charge in [0.2, 0.25) is 0 Å². The van der Waals surface area contributed by atoms with Crippen LogP contribution in [0.15, 0.2) is 0 Å². The molecule has 2 rings (SSSR count). The molecule has 0 spiro atoms. The molecular weight excluding hydrogens is 216 g/mol. The lowest BCUT2D eigenvalue weighted by Gasteiger charge is -2.27. The molecule has 0 amide bonds. The highest BCUT2D eigenvalue weighted by Gasteiger charge is 2.27. The molecule has 2 unspecified atom stereocenters. The van der Waals surface area contributed by atoms with Gasteiger partial charge in [-0.15, -0.1) is 0 Å². The molecule has 17 heavy (non-hydrogen) atoms. The number of hydrogen-bond acceptors (Lipinski definition) is 4. The topological polar surface area (TPSA) is 76.8 Å². The molecule has 1 aliphatic carbocycles. The van der Waals surface area contributed by atoms with Crippen LogP contribution in [-0.2, 0) is 4.74 Å². The van der Waals surface area contributed by atoms with Crippen LogP contribution in [0, 0.1) is 5.92 Å². The van der Waals surface area contributed by atoms with E-state index in [0.717, 1.165) is 5.82 Å². The van der Waals surface area contributed by atoms with E-state index in [9.17, 15) is 0 Å². The summed E-state index contributed by atoms with van der Waals surface area (Å²) in [5.41, 5.74) is 5.76. The van der Waals surface area contributed by atoms with E-state index in [2.05, 4.69) is 15.2 Å². The third-order valence-corrected chi connectivity index (χ3v) is 3.53. The Bertz CT molecular complexity index is 344. The van der Waals surface area contributed by atoms with Gasteiger partial charge in [0.15, 0.2) is 11.6 Å². The monoisotopic (exact) mass is 238 g/mol. The molecule has 0 aliphatic heterocycles. The maximum absolute atomic E-state index is 5.76. The summed E-state index contributed by atoms with van der Waals surface area (Å²) in [4.78, 5) is 4.44. The van der Waals surface area contributed by atoms with E-state index < -0.39 is 0 Å². The van der Waals surface area contributed by atoms with Crippen LogP contribution in [-0.4, -0.2) is 22.3 Å². The van der Waals surface area contributed by atoms with Crippen LogP contribution >= 0.6 is 0 Å². The molecule has 0 radical (unpaired) electrons. The predicted molar refractivity (Wildman–Crippen MR) is 65.3 cm³/mol. The van der Waals surface area contributed by atoms with E-state index in [4.69, 9.17) is 10.5 Å². The van der Waals surface area contributed by atoms with Gasteiger partial charge in [-0.2, -0.15) is 5.10 Å². The van der Waals surface area contributed by atoms with Crippen molar-refractivity contribution in [1.29, 1.82) is 0 Å². The molecule has 3 N–H and O–H groups in total. The van der Waals surface area contributed by atoms with Gasteiger partial charge in [0.25, 0.3) is 0 Å². The summed E-state index contributed by atoms with van der Waals surface area (Å²) in [5, 5.41) is 7.11. The Hall–Kier alpha value is -0.940. The number of H-pyrrole nitrogens is 1. The van der Waals surface area contributed by atoms with Crippen molar-refractivity contribution in [3.05, 3.63) is 11.6 Å². The molecule has 96 valence electrons. The highest BCUT2D eigenvalue weighted by Crippen LogP contribution is 2.35. The molecule has 1 heterocycles. The molecule has 0 aromatic carbocycles. The number of aromatic nitrogens is 3. The number of methoxy groups -OCH3 is 1. The maximum atomic E-state index is 5.76. The lowest BCUT2D eigenvalue weighted by Crippen LogP contribution is -2.19. The van der Waals surface area contributed by atoms with E-state index in [-0.39, 0.29) is 12.1 Å². The number of nitrogens with zero attached hydrogens (tertiary/aromatic N) is 2. The molecule has 0 saturated heterocycles. The molecule has 1 aliphatic rings. The second-order valence-corrected chi connectivity index (χ2v) is 4.92. The van der Waals surface area contributed by atoms with Crippen LogP contribution in [0.3, 0.4) is 0 Å². The third-order valence-electron chi connectivity index (χ3n) is 3.53. The van der Waals surface area contributed by atoms with E-state index in [1.807, 2.05) is 6.92 Å². The summed E-state index contributed by atoms with van der Waals surface area (Å²) in [6, 6.07) is -0.135. The summed E-state index contributed by atoms with van der Waals surface area (Å²) < 4.78 is 5.59. The second-order valence-electron chi connectivity index (χ2n) is 4.92.